The molecule has 1 aliphatic rings. The Kier molecular flexibility index (Phi) is 11.9. The van der Waals surface area contributed by atoms with Gasteiger partial charge in [0.25, 0.3) is 0 Å². The summed E-state index contributed by atoms with van der Waals surface area (Å²) < 4.78 is 6.09. The summed E-state index contributed by atoms with van der Waals surface area (Å²) in [4.78, 5) is 21.7. The lowest BCUT2D eigenvalue weighted by Crippen LogP contribution is -2.35. The molecule has 158 valence electrons. The van der Waals surface area contributed by atoms with Gasteiger partial charge in [-0.1, -0.05) is 23.2 Å². The Morgan fingerprint density at radius 1 is 1.18 bits per heavy atom. The van der Waals surface area contributed by atoms with Crippen molar-refractivity contribution >= 4 is 35.1 Å². The standard InChI is InChI=1S/C15H22Cl2N2O.C4H6O4/c1-18-7-6-13(11-19-8-2-3-9-19)20-15-5-4-12(16)10-14(15)17;5-3(6)1-2-4(7)8/h4-5,10,13,18H,2-3,6-9,11H2,1H3;1-2H2,(H,5,6)(H,7,8). The van der Waals surface area contributed by atoms with E-state index in [2.05, 4.69) is 10.2 Å². The topological polar surface area (TPSA) is 99.1 Å². The highest BCUT2D eigenvalue weighted by Crippen LogP contribution is 2.29. The lowest BCUT2D eigenvalue weighted by Gasteiger charge is -2.25. The Balaban J connectivity index is 0.000000416. The van der Waals surface area contributed by atoms with Crippen molar-refractivity contribution in [2.75, 3.05) is 33.2 Å². The number of ether oxygens (including phenoxy) is 1. The van der Waals surface area contributed by atoms with E-state index in [1.54, 1.807) is 6.07 Å². The van der Waals surface area contributed by atoms with E-state index in [1.165, 1.54) is 25.9 Å². The normalized spacial score (nSPS) is 14.8. The molecule has 1 heterocycles. The summed E-state index contributed by atoms with van der Waals surface area (Å²) in [6.07, 6.45) is 3.11. The van der Waals surface area contributed by atoms with E-state index < -0.39 is 11.9 Å². The zero-order valence-electron chi connectivity index (χ0n) is 16.0. The SMILES string of the molecule is CNCCC(CN1CCCC1)Oc1ccc(Cl)cc1Cl.O=C(O)CCC(=O)O. The molecule has 1 fully saturated rings. The maximum absolute atomic E-state index is 9.64. The van der Waals surface area contributed by atoms with Crippen LogP contribution in [0.4, 0.5) is 0 Å². The van der Waals surface area contributed by atoms with Gasteiger partial charge in [-0.25, -0.2) is 0 Å². The monoisotopic (exact) mass is 434 g/mol. The Bertz CT molecular complexity index is 610. The first-order chi connectivity index (χ1) is 13.3. The molecular weight excluding hydrogens is 407 g/mol. The number of carbonyl (C=O) groups is 2. The summed E-state index contributed by atoms with van der Waals surface area (Å²) in [7, 11) is 1.96. The average molecular weight is 435 g/mol. The number of benzene rings is 1. The number of halogens is 2. The van der Waals surface area contributed by atoms with Crippen LogP contribution in [-0.4, -0.2) is 66.4 Å². The van der Waals surface area contributed by atoms with Crippen LogP contribution in [0.3, 0.4) is 0 Å². The molecule has 1 unspecified atom stereocenters. The highest BCUT2D eigenvalue weighted by Gasteiger charge is 2.19. The smallest absolute Gasteiger partial charge is 0.303 e. The summed E-state index contributed by atoms with van der Waals surface area (Å²) in [5.74, 6) is -1.43. The fourth-order valence-electron chi connectivity index (χ4n) is 2.71. The number of carboxylic acids is 2. The third-order valence-electron chi connectivity index (χ3n) is 4.12. The molecule has 0 aliphatic carbocycles. The predicted molar refractivity (Wildman–Crippen MR) is 110 cm³/mol. The molecule has 1 aromatic carbocycles. The molecule has 9 heteroatoms. The van der Waals surface area contributed by atoms with Crippen LogP contribution in [0.25, 0.3) is 0 Å². The second-order valence-corrected chi connectivity index (χ2v) is 7.35. The highest BCUT2D eigenvalue weighted by molar-refractivity contribution is 6.35. The molecule has 1 aliphatic heterocycles. The van der Waals surface area contributed by atoms with Gasteiger partial charge in [0.15, 0.2) is 0 Å². The molecule has 1 aromatic rings. The first-order valence-electron chi connectivity index (χ1n) is 9.24. The zero-order chi connectivity index (χ0) is 20.9. The largest absolute Gasteiger partial charge is 0.487 e. The van der Waals surface area contributed by atoms with Gasteiger partial charge in [-0.3, -0.25) is 14.5 Å². The number of hydrogen-bond donors (Lipinski definition) is 3. The summed E-state index contributed by atoms with van der Waals surface area (Å²) in [6.45, 7) is 4.24. The van der Waals surface area contributed by atoms with Crippen molar-refractivity contribution in [2.24, 2.45) is 0 Å². The van der Waals surface area contributed by atoms with Gasteiger partial charge in [0.05, 0.1) is 17.9 Å². The minimum Gasteiger partial charge on any atom is -0.487 e. The highest BCUT2D eigenvalue weighted by atomic mass is 35.5. The van der Waals surface area contributed by atoms with Crippen molar-refractivity contribution in [3.8, 4) is 5.75 Å². The lowest BCUT2D eigenvalue weighted by molar-refractivity contribution is -0.143. The molecule has 0 spiro atoms. The van der Waals surface area contributed by atoms with Crippen LogP contribution >= 0.6 is 23.2 Å². The molecule has 0 bridgehead atoms. The van der Waals surface area contributed by atoms with E-state index >= 15 is 0 Å². The Hall–Kier alpha value is -1.54. The summed E-state index contributed by atoms with van der Waals surface area (Å²) in [6, 6.07) is 5.39. The average Bonchev–Trinajstić information content (AvgIpc) is 3.14. The number of nitrogens with one attached hydrogen (secondary N) is 1. The van der Waals surface area contributed by atoms with Gasteiger partial charge >= 0.3 is 11.9 Å². The van der Waals surface area contributed by atoms with Crippen molar-refractivity contribution in [3.05, 3.63) is 28.2 Å². The molecule has 28 heavy (non-hydrogen) atoms. The minimum absolute atomic E-state index is 0.152. The van der Waals surface area contributed by atoms with Gasteiger partial charge in [-0.05, 0) is 64.1 Å². The molecule has 0 radical (unpaired) electrons. The van der Waals surface area contributed by atoms with E-state index in [0.717, 1.165) is 25.3 Å². The molecule has 2 rings (SSSR count). The number of aliphatic carboxylic acids is 2. The molecule has 0 amide bonds. The Morgan fingerprint density at radius 2 is 1.79 bits per heavy atom. The van der Waals surface area contributed by atoms with Crippen molar-refractivity contribution in [1.29, 1.82) is 0 Å². The number of rotatable bonds is 10. The summed E-state index contributed by atoms with van der Waals surface area (Å²) >= 11 is 12.1. The number of carboxylic acid groups (broad SMARTS) is 2. The van der Waals surface area contributed by atoms with Crippen LogP contribution < -0.4 is 10.1 Å². The number of hydrogen-bond acceptors (Lipinski definition) is 5. The van der Waals surface area contributed by atoms with E-state index in [-0.39, 0.29) is 18.9 Å². The van der Waals surface area contributed by atoms with Gasteiger partial charge in [0, 0.05) is 11.6 Å². The van der Waals surface area contributed by atoms with Crippen molar-refractivity contribution in [3.63, 3.8) is 0 Å². The van der Waals surface area contributed by atoms with Crippen molar-refractivity contribution in [1.82, 2.24) is 10.2 Å². The van der Waals surface area contributed by atoms with E-state index in [1.807, 2.05) is 19.2 Å². The Labute approximate surface area is 175 Å². The van der Waals surface area contributed by atoms with Gasteiger partial charge in [-0.15, -0.1) is 0 Å². The second kappa shape index (κ2) is 13.6. The molecule has 7 nitrogen and oxygen atoms in total. The fraction of sp³-hybridized carbons (Fsp3) is 0.579. The molecular formula is C19H28Cl2N2O5. The maximum Gasteiger partial charge on any atom is 0.303 e. The maximum atomic E-state index is 9.64. The lowest BCUT2D eigenvalue weighted by atomic mass is 10.2. The van der Waals surface area contributed by atoms with Crippen molar-refractivity contribution in [2.45, 2.75) is 38.2 Å². The van der Waals surface area contributed by atoms with Crippen LogP contribution in [0.1, 0.15) is 32.1 Å². The summed E-state index contributed by atoms with van der Waals surface area (Å²) in [5.41, 5.74) is 0. The van der Waals surface area contributed by atoms with Crippen LogP contribution in [0, 0.1) is 0 Å². The van der Waals surface area contributed by atoms with E-state index in [9.17, 15) is 9.59 Å². The van der Waals surface area contributed by atoms with Gasteiger partial charge in [0.2, 0.25) is 0 Å². The molecule has 0 saturated carbocycles. The quantitative estimate of drug-likeness (QED) is 0.518. The fourth-order valence-corrected chi connectivity index (χ4v) is 3.16. The third kappa shape index (κ3) is 10.7. The zero-order valence-corrected chi connectivity index (χ0v) is 17.5. The van der Waals surface area contributed by atoms with Crippen LogP contribution in [-0.2, 0) is 9.59 Å². The molecule has 0 aromatic heterocycles. The Morgan fingerprint density at radius 3 is 2.29 bits per heavy atom. The molecule has 1 saturated heterocycles. The first kappa shape index (κ1) is 24.5. The van der Waals surface area contributed by atoms with Crippen LogP contribution in [0.5, 0.6) is 5.75 Å². The van der Waals surface area contributed by atoms with E-state index in [4.69, 9.17) is 38.2 Å². The summed E-state index contributed by atoms with van der Waals surface area (Å²) in [5, 5.41) is 20.2. The van der Waals surface area contributed by atoms with Crippen LogP contribution in [0.15, 0.2) is 18.2 Å². The van der Waals surface area contributed by atoms with E-state index in [0.29, 0.717) is 10.0 Å². The molecule has 3 N–H and O–H groups in total. The van der Waals surface area contributed by atoms with Gasteiger partial charge < -0.3 is 20.3 Å². The first-order valence-corrected chi connectivity index (χ1v) is 9.99. The van der Waals surface area contributed by atoms with Gasteiger partial charge in [0.1, 0.15) is 11.9 Å². The number of likely N-dealkylation sites (tertiary alicyclic amines) is 1. The van der Waals surface area contributed by atoms with Crippen molar-refractivity contribution < 1.29 is 24.5 Å². The number of nitrogens with zero attached hydrogens (tertiary/aromatic N) is 1. The second-order valence-electron chi connectivity index (χ2n) is 6.50. The van der Waals surface area contributed by atoms with Crippen LogP contribution in [0.2, 0.25) is 10.0 Å². The predicted octanol–water partition coefficient (Wildman–Crippen LogP) is 3.38. The molecule has 1 atom stereocenters. The van der Waals surface area contributed by atoms with Gasteiger partial charge in [-0.2, -0.15) is 0 Å². The minimum atomic E-state index is -1.08. The third-order valence-corrected chi connectivity index (χ3v) is 4.65.